The minimum absolute atomic E-state index is 0.200. The fourth-order valence-corrected chi connectivity index (χ4v) is 4.05. The number of amides is 1. The van der Waals surface area contributed by atoms with E-state index >= 15 is 0 Å². The lowest BCUT2D eigenvalue weighted by molar-refractivity contribution is -0.127. The molecule has 1 amide bonds. The lowest BCUT2D eigenvalue weighted by Gasteiger charge is -2.24. The van der Waals surface area contributed by atoms with Crippen LogP contribution in [-0.2, 0) is 30.7 Å². The number of ether oxygens (including phenoxy) is 1. The highest BCUT2D eigenvalue weighted by Gasteiger charge is 2.25. The normalized spacial score (nSPS) is 17.3. The minimum Gasteiger partial charge on any atom is -0.494 e. The first-order chi connectivity index (χ1) is 14.2. The molecule has 0 atom stereocenters. The lowest BCUT2D eigenvalue weighted by Crippen LogP contribution is -2.35. The van der Waals surface area contributed by atoms with Gasteiger partial charge in [-0.3, -0.25) is 9.69 Å². The van der Waals surface area contributed by atoms with Crippen LogP contribution >= 0.6 is 0 Å². The maximum absolute atomic E-state index is 12.0. The fourth-order valence-electron chi connectivity index (χ4n) is 4.05. The number of para-hydroxylation sites is 1. The first-order valence-electron chi connectivity index (χ1n) is 10.9. The van der Waals surface area contributed by atoms with Gasteiger partial charge in [-0.2, -0.15) is 0 Å². The molecule has 1 N–H and O–H groups in total. The molecule has 2 aliphatic rings. The second-order valence-electron chi connectivity index (χ2n) is 7.92. The summed E-state index contributed by atoms with van der Waals surface area (Å²) in [6.07, 6.45) is 4.88. The van der Waals surface area contributed by atoms with Crippen molar-refractivity contribution in [2.45, 2.75) is 52.1 Å². The summed E-state index contributed by atoms with van der Waals surface area (Å²) in [7, 11) is 0. The third-order valence-corrected chi connectivity index (χ3v) is 5.99. The quantitative estimate of drug-likeness (QED) is 0.739. The van der Waals surface area contributed by atoms with Gasteiger partial charge in [0.25, 0.3) is 0 Å². The van der Waals surface area contributed by atoms with Crippen LogP contribution in [0.3, 0.4) is 0 Å². The van der Waals surface area contributed by atoms with Crippen LogP contribution in [0.5, 0.6) is 5.75 Å². The maximum Gasteiger partial charge on any atom is 0.223 e. The summed E-state index contributed by atoms with van der Waals surface area (Å²) < 4.78 is 8.02. The Morgan fingerprint density at radius 1 is 1.21 bits per heavy atom. The van der Waals surface area contributed by atoms with Gasteiger partial charge < -0.3 is 14.6 Å². The standard InChI is InChI=1S/C22H31N5O2/c1-2-29-19-9-4-3-6-18(19)16-26-13-11-21-25-24-20(27(21)15-14-26)10-12-23-22(28)17-7-5-8-17/h3-4,6,9,17H,2,5,7-8,10-16H2,1H3,(H,23,28). The van der Waals surface area contributed by atoms with Gasteiger partial charge in [-0.1, -0.05) is 24.6 Å². The molecular formula is C22H31N5O2. The third-order valence-electron chi connectivity index (χ3n) is 5.99. The Hall–Kier alpha value is -2.41. The number of hydrogen-bond acceptors (Lipinski definition) is 5. The number of aromatic nitrogens is 3. The van der Waals surface area contributed by atoms with Gasteiger partial charge >= 0.3 is 0 Å². The number of nitrogens with one attached hydrogen (secondary N) is 1. The molecule has 0 saturated heterocycles. The van der Waals surface area contributed by atoms with Crippen molar-refractivity contribution in [1.82, 2.24) is 25.0 Å². The molecule has 29 heavy (non-hydrogen) atoms. The van der Waals surface area contributed by atoms with Crippen LogP contribution < -0.4 is 10.1 Å². The summed E-state index contributed by atoms with van der Waals surface area (Å²) in [6, 6.07) is 8.28. The molecule has 0 unspecified atom stereocenters. The molecule has 1 aliphatic heterocycles. The summed E-state index contributed by atoms with van der Waals surface area (Å²) in [5, 5.41) is 11.9. The van der Waals surface area contributed by atoms with E-state index in [-0.39, 0.29) is 11.8 Å². The molecular weight excluding hydrogens is 366 g/mol. The number of nitrogens with zero attached hydrogens (tertiary/aromatic N) is 4. The van der Waals surface area contributed by atoms with E-state index in [4.69, 9.17) is 4.74 Å². The Morgan fingerprint density at radius 2 is 2.07 bits per heavy atom. The van der Waals surface area contributed by atoms with Crippen molar-refractivity contribution in [3.05, 3.63) is 41.5 Å². The number of carbonyl (C=O) groups is 1. The largest absolute Gasteiger partial charge is 0.494 e. The molecule has 0 spiro atoms. The molecule has 1 aromatic heterocycles. The number of benzene rings is 1. The Bertz CT molecular complexity index is 830. The summed E-state index contributed by atoms with van der Waals surface area (Å²) in [4.78, 5) is 14.5. The molecule has 1 aliphatic carbocycles. The van der Waals surface area contributed by atoms with E-state index in [0.29, 0.717) is 13.2 Å². The smallest absolute Gasteiger partial charge is 0.223 e. The average Bonchev–Trinajstić information content (AvgIpc) is 2.94. The van der Waals surface area contributed by atoms with Crippen molar-refractivity contribution >= 4 is 5.91 Å². The molecule has 2 heterocycles. The predicted molar refractivity (Wildman–Crippen MR) is 111 cm³/mol. The zero-order chi connectivity index (χ0) is 20.1. The van der Waals surface area contributed by atoms with Crippen LogP contribution in [0.2, 0.25) is 0 Å². The topological polar surface area (TPSA) is 72.3 Å². The highest BCUT2D eigenvalue weighted by molar-refractivity contribution is 5.79. The van der Waals surface area contributed by atoms with Gasteiger partial charge in [-0.05, 0) is 25.8 Å². The van der Waals surface area contributed by atoms with Gasteiger partial charge in [0.1, 0.15) is 17.4 Å². The van der Waals surface area contributed by atoms with E-state index in [1.54, 1.807) is 0 Å². The number of hydrogen-bond donors (Lipinski definition) is 1. The van der Waals surface area contributed by atoms with Gasteiger partial charge in [0.05, 0.1) is 6.61 Å². The molecule has 1 saturated carbocycles. The second-order valence-corrected chi connectivity index (χ2v) is 7.92. The maximum atomic E-state index is 12.0. The summed E-state index contributed by atoms with van der Waals surface area (Å²) in [6.45, 7) is 7.00. The van der Waals surface area contributed by atoms with Crippen molar-refractivity contribution in [3.8, 4) is 5.75 Å². The highest BCUT2D eigenvalue weighted by Crippen LogP contribution is 2.26. The van der Waals surface area contributed by atoms with Crippen LogP contribution in [0.1, 0.15) is 43.4 Å². The van der Waals surface area contributed by atoms with Crippen molar-refractivity contribution < 1.29 is 9.53 Å². The Labute approximate surface area is 172 Å². The van der Waals surface area contributed by atoms with Gasteiger partial charge in [0, 0.05) is 57.0 Å². The summed E-state index contributed by atoms with van der Waals surface area (Å²) in [5.41, 5.74) is 1.23. The van der Waals surface area contributed by atoms with Crippen molar-refractivity contribution in [1.29, 1.82) is 0 Å². The van der Waals surface area contributed by atoms with Crippen molar-refractivity contribution in [2.24, 2.45) is 5.92 Å². The molecule has 0 radical (unpaired) electrons. The molecule has 7 heteroatoms. The van der Waals surface area contributed by atoms with E-state index in [9.17, 15) is 4.79 Å². The summed E-state index contributed by atoms with van der Waals surface area (Å²) in [5.74, 6) is 3.43. The fraction of sp³-hybridized carbons (Fsp3) is 0.591. The number of carbonyl (C=O) groups excluding carboxylic acids is 1. The first kappa shape index (κ1) is 19.9. The second kappa shape index (κ2) is 9.39. The number of rotatable bonds is 8. The molecule has 7 nitrogen and oxygen atoms in total. The van der Waals surface area contributed by atoms with Crippen LogP contribution in [0.4, 0.5) is 0 Å². The van der Waals surface area contributed by atoms with Gasteiger partial charge in [0.15, 0.2) is 0 Å². The zero-order valence-corrected chi connectivity index (χ0v) is 17.3. The molecule has 1 aromatic carbocycles. The monoisotopic (exact) mass is 397 g/mol. The minimum atomic E-state index is 0.200. The van der Waals surface area contributed by atoms with E-state index in [0.717, 1.165) is 69.3 Å². The molecule has 0 bridgehead atoms. The van der Waals surface area contributed by atoms with Gasteiger partial charge in [0.2, 0.25) is 5.91 Å². The third kappa shape index (κ3) is 4.78. The lowest BCUT2D eigenvalue weighted by atomic mass is 9.85. The van der Waals surface area contributed by atoms with Crippen molar-refractivity contribution in [2.75, 3.05) is 26.2 Å². The Balaban J connectivity index is 1.32. The number of fused-ring (bicyclic) bond motifs is 1. The van der Waals surface area contributed by atoms with Crippen molar-refractivity contribution in [3.63, 3.8) is 0 Å². The SMILES string of the molecule is CCOc1ccccc1CN1CCc2nnc(CCNC(=O)C3CCC3)n2CC1. The molecule has 156 valence electrons. The van der Waals surface area contributed by atoms with E-state index < -0.39 is 0 Å². The van der Waals surface area contributed by atoms with Crippen LogP contribution in [0, 0.1) is 5.92 Å². The van der Waals surface area contributed by atoms with Crippen LogP contribution in [0.25, 0.3) is 0 Å². The van der Waals surface area contributed by atoms with Gasteiger partial charge in [-0.25, -0.2) is 0 Å². The molecule has 4 rings (SSSR count). The molecule has 1 fully saturated rings. The highest BCUT2D eigenvalue weighted by atomic mass is 16.5. The van der Waals surface area contributed by atoms with Crippen LogP contribution in [0.15, 0.2) is 24.3 Å². The van der Waals surface area contributed by atoms with Crippen LogP contribution in [-0.4, -0.2) is 51.8 Å². The van der Waals surface area contributed by atoms with Gasteiger partial charge in [-0.15, -0.1) is 10.2 Å². The van der Waals surface area contributed by atoms with E-state index in [1.807, 2.05) is 19.1 Å². The molecule has 2 aromatic rings. The zero-order valence-electron chi connectivity index (χ0n) is 17.3. The Kier molecular flexibility index (Phi) is 6.44. The van der Waals surface area contributed by atoms with E-state index in [1.165, 1.54) is 12.0 Å². The predicted octanol–water partition coefficient (Wildman–Crippen LogP) is 2.19. The first-order valence-corrected chi connectivity index (χ1v) is 10.9. The summed E-state index contributed by atoms with van der Waals surface area (Å²) >= 11 is 0. The average molecular weight is 398 g/mol. The van der Waals surface area contributed by atoms with E-state index in [2.05, 4.69) is 37.1 Å². The Morgan fingerprint density at radius 3 is 2.86 bits per heavy atom.